The van der Waals surface area contributed by atoms with Gasteiger partial charge in [-0.05, 0) is 24.5 Å². The van der Waals surface area contributed by atoms with E-state index in [0.29, 0.717) is 10.9 Å². The normalized spacial score (nSPS) is 13.2. The summed E-state index contributed by atoms with van der Waals surface area (Å²) in [6, 6.07) is 5.39. The van der Waals surface area contributed by atoms with E-state index in [1.165, 1.54) is 6.33 Å². The molecule has 0 amide bonds. The van der Waals surface area contributed by atoms with E-state index >= 15 is 0 Å². The molecular weight excluding hydrogens is 228 g/mol. The third-order valence-electron chi connectivity index (χ3n) is 3.33. The maximum absolute atomic E-state index is 12.5. The molecule has 2 rings (SSSR count). The van der Waals surface area contributed by atoms with Gasteiger partial charge in [0.1, 0.15) is 0 Å². The summed E-state index contributed by atoms with van der Waals surface area (Å²) in [5.41, 5.74) is 1.54. The van der Waals surface area contributed by atoms with Crippen LogP contribution in [0.3, 0.4) is 0 Å². The Balaban J connectivity index is 2.72. The fourth-order valence-electron chi connectivity index (χ4n) is 2.20. The van der Waals surface area contributed by atoms with Crippen LogP contribution in [0, 0.1) is 12.8 Å². The Bertz CT molecular complexity index is 617. The van der Waals surface area contributed by atoms with Crippen molar-refractivity contribution < 1.29 is 5.11 Å². The molecule has 0 spiro atoms. The van der Waals surface area contributed by atoms with Crippen LogP contribution in [0.15, 0.2) is 29.3 Å². The van der Waals surface area contributed by atoms with Crippen LogP contribution < -0.4 is 5.56 Å². The minimum absolute atomic E-state index is 0.0589. The van der Waals surface area contributed by atoms with E-state index in [2.05, 4.69) is 4.98 Å². The maximum Gasteiger partial charge on any atom is 0.261 e. The Kier molecular flexibility index (Phi) is 3.48. The summed E-state index contributed by atoms with van der Waals surface area (Å²) in [4.78, 5) is 16.8. The van der Waals surface area contributed by atoms with Gasteiger partial charge in [0.05, 0.1) is 29.9 Å². The molecule has 0 fully saturated rings. The molecule has 0 saturated heterocycles. The van der Waals surface area contributed by atoms with E-state index in [4.69, 9.17) is 0 Å². The maximum atomic E-state index is 12.5. The topological polar surface area (TPSA) is 55.1 Å². The summed E-state index contributed by atoms with van der Waals surface area (Å²) >= 11 is 0. The number of aliphatic hydroxyl groups excluding tert-OH is 1. The first kappa shape index (κ1) is 12.8. The van der Waals surface area contributed by atoms with Crippen molar-refractivity contribution in [1.82, 2.24) is 9.55 Å². The fraction of sp³-hybridized carbons (Fsp3) is 0.429. The van der Waals surface area contributed by atoms with E-state index in [1.54, 1.807) is 4.57 Å². The predicted octanol–water partition coefficient (Wildman–Crippen LogP) is 1.89. The highest BCUT2D eigenvalue weighted by Crippen LogP contribution is 2.17. The molecule has 1 aromatic carbocycles. The lowest BCUT2D eigenvalue weighted by Gasteiger charge is -2.21. The fourth-order valence-corrected chi connectivity index (χ4v) is 2.20. The zero-order valence-corrected chi connectivity index (χ0v) is 10.9. The molecule has 0 aliphatic rings. The number of hydrogen-bond acceptors (Lipinski definition) is 3. The molecule has 4 nitrogen and oxygen atoms in total. The lowest BCUT2D eigenvalue weighted by atomic mass is 10.0. The molecule has 1 atom stereocenters. The van der Waals surface area contributed by atoms with Gasteiger partial charge in [0.15, 0.2) is 0 Å². The lowest BCUT2D eigenvalue weighted by Crippen LogP contribution is -2.30. The second-order valence-electron chi connectivity index (χ2n) is 4.92. The average molecular weight is 246 g/mol. The van der Waals surface area contributed by atoms with Gasteiger partial charge in [0.2, 0.25) is 0 Å². The van der Waals surface area contributed by atoms with E-state index in [-0.39, 0.29) is 24.1 Å². The standard InChI is InChI=1S/C14H18N2O2/c1-9(2)12(7-17)16-8-15-11-6-4-5-10(3)13(11)14(16)18/h4-6,8-9,12,17H,7H2,1-3H3. The SMILES string of the molecule is Cc1cccc2ncn(C(CO)C(C)C)c(=O)c12. The number of aromatic nitrogens is 2. The number of benzene rings is 1. The van der Waals surface area contributed by atoms with Crippen molar-refractivity contribution in [3.05, 3.63) is 40.4 Å². The van der Waals surface area contributed by atoms with Crippen molar-refractivity contribution >= 4 is 10.9 Å². The molecule has 0 radical (unpaired) electrons. The summed E-state index contributed by atoms with van der Waals surface area (Å²) in [5, 5.41) is 10.1. The Morgan fingerprint density at radius 1 is 1.39 bits per heavy atom. The van der Waals surface area contributed by atoms with Gasteiger partial charge >= 0.3 is 0 Å². The minimum Gasteiger partial charge on any atom is -0.394 e. The summed E-state index contributed by atoms with van der Waals surface area (Å²) in [5.74, 6) is 0.177. The number of nitrogens with zero attached hydrogens (tertiary/aromatic N) is 2. The summed E-state index contributed by atoms with van der Waals surface area (Å²) in [7, 11) is 0. The molecule has 2 aromatic rings. The first-order chi connectivity index (χ1) is 8.56. The van der Waals surface area contributed by atoms with Crippen molar-refractivity contribution in [2.24, 2.45) is 5.92 Å². The first-order valence-electron chi connectivity index (χ1n) is 6.13. The molecule has 0 saturated carbocycles. The summed E-state index contributed by atoms with van der Waals surface area (Å²) in [6.07, 6.45) is 1.53. The van der Waals surface area contributed by atoms with Crippen LogP contribution in [-0.4, -0.2) is 21.3 Å². The van der Waals surface area contributed by atoms with Crippen LogP contribution in [0.2, 0.25) is 0 Å². The molecule has 18 heavy (non-hydrogen) atoms. The zero-order chi connectivity index (χ0) is 13.3. The Hall–Kier alpha value is -1.68. The van der Waals surface area contributed by atoms with Crippen molar-refractivity contribution in [2.75, 3.05) is 6.61 Å². The van der Waals surface area contributed by atoms with Gasteiger partial charge in [-0.15, -0.1) is 0 Å². The van der Waals surface area contributed by atoms with Gasteiger partial charge in [-0.1, -0.05) is 26.0 Å². The third-order valence-corrected chi connectivity index (χ3v) is 3.33. The van der Waals surface area contributed by atoms with Crippen LogP contribution >= 0.6 is 0 Å². The molecule has 1 heterocycles. The molecule has 0 aliphatic heterocycles. The highest BCUT2D eigenvalue weighted by Gasteiger charge is 2.17. The van der Waals surface area contributed by atoms with Crippen molar-refractivity contribution in [1.29, 1.82) is 0 Å². The summed E-state index contributed by atoms with van der Waals surface area (Å²) < 4.78 is 1.54. The van der Waals surface area contributed by atoms with Gasteiger partial charge < -0.3 is 5.11 Å². The van der Waals surface area contributed by atoms with Gasteiger partial charge in [-0.25, -0.2) is 4.98 Å². The smallest absolute Gasteiger partial charge is 0.261 e. The lowest BCUT2D eigenvalue weighted by molar-refractivity contribution is 0.189. The molecule has 1 aromatic heterocycles. The predicted molar refractivity (Wildman–Crippen MR) is 71.7 cm³/mol. The van der Waals surface area contributed by atoms with E-state index in [0.717, 1.165) is 5.56 Å². The van der Waals surface area contributed by atoms with E-state index in [1.807, 2.05) is 39.0 Å². The van der Waals surface area contributed by atoms with E-state index in [9.17, 15) is 9.90 Å². The molecule has 0 aliphatic carbocycles. The second-order valence-corrected chi connectivity index (χ2v) is 4.92. The van der Waals surface area contributed by atoms with Crippen LogP contribution in [-0.2, 0) is 0 Å². The van der Waals surface area contributed by atoms with E-state index < -0.39 is 0 Å². The molecule has 0 bridgehead atoms. The van der Waals surface area contributed by atoms with Crippen molar-refractivity contribution in [3.8, 4) is 0 Å². The molecular formula is C14H18N2O2. The van der Waals surface area contributed by atoms with Gasteiger partial charge in [-0.2, -0.15) is 0 Å². The second kappa shape index (κ2) is 4.90. The van der Waals surface area contributed by atoms with Crippen molar-refractivity contribution in [2.45, 2.75) is 26.8 Å². The largest absolute Gasteiger partial charge is 0.394 e. The number of aliphatic hydroxyl groups is 1. The quantitative estimate of drug-likeness (QED) is 0.899. The average Bonchev–Trinajstić information content (AvgIpc) is 2.32. The molecule has 1 N–H and O–H groups in total. The Labute approximate surface area is 106 Å². The minimum atomic E-state index is -0.228. The highest BCUT2D eigenvalue weighted by molar-refractivity contribution is 5.80. The highest BCUT2D eigenvalue weighted by atomic mass is 16.3. The van der Waals surface area contributed by atoms with Gasteiger partial charge in [-0.3, -0.25) is 9.36 Å². The zero-order valence-electron chi connectivity index (χ0n) is 10.9. The monoisotopic (exact) mass is 246 g/mol. The number of hydrogen-bond donors (Lipinski definition) is 1. The Morgan fingerprint density at radius 2 is 2.11 bits per heavy atom. The molecule has 4 heteroatoms. The third kappa shape index (κ3) is 2.04. The van der Waals surface area contributed by atoms with Crippen LogP contribution in [0.4, 0.5) is 0 Å². The number of aryl methyl sites for hydroxylation is 1. The van der Waals surface area contributed by atoms with Gasteiger partial charge in [0, 0.05) is 0 Å². The Morgan fingerprint density at radius 3 is 2.72 bits per heavy atom. The summed E-state index contributed by atoms with van der Waals surface area (Å²) in [6.45, 7) is 5.81. The van der Waals surface area contributed by atoms with Crippen LogP contribution in [0.1, 0.15) is 25.5 Å². The molecule has 96 valence electrons. The van der Waals surface area contributed by atoms with Gasteiger partial charge in [0.25, 0.3) is 5.56 Å². The molecule has 1 unspecified atom stereocenters. The first-order valence-corrected chi connectivity index (χ1v) is 6.13. The van der Waals surface area contributed by atoms with Crippen molar-refractivity contribution in [3.63, 3.8) is 0 Å². The number of fused-ring (bicyclic) bond motifs is 1. The van der Waals surface area contributed by atoms with Crippen LogP contribution in [0.25, 0.3) is 10.9 Å². The van der Waals surface area contributed by atoms with Crippen LogP contribution in [0.5, 0.6) is 0 Å². The number of rotatable bonds is 3.